The van der Waals surface area contributed by atoms with Gasteiger partial charge in [0.15, 0.2) is 0 Å². The lowest BCUT2D eigenvalue weighted by molar-refractivity contribution is -0.146. The molecule has 2 aromatic heterocycles. The lowest BCUT2D eigenvalue weighted by Crippen LogP contribution is -2.45. The zero-order chi connectivity index (χ0) is 31.4. The Kier molecular flexibility index (Phi) is 6.78. The molecule has 0 spiro atoms. The molecule has 4 aromatic rings. The number of hydrogen-bond donors (Lipinski definition) is 3. The van der Waals surface area contributed by atoms with Gasteiger partial charge in [0.2, 0.25) is 0 Å². The number of cyclic esters (lactones) is 1. The Morgan fingerprint density at radius 2 is 1.91 bits per heavy atom. The number of nitrogens with one attached hydrogen (secondary N) is 2. The third-order valence-corrected chi connectivity index (χ3v) is 8.37. The molecule has 0 saturated heterocycles. The maximum absolute atomic E-state index is 13.6. The Balaban J connectivity index is 1.27. The zero-order valence-corrected chi connectivity index (χ0v) is 24.3. The number of nitrogens with zero attached hydrogens (tertiary/aromatic N) is 3. The maximum Gasteiger partial charge on any atom is 0.337 e. The summed E-state index contributed by atoms with van der Waals surface area (Å²) in [6, 6.07) is 15.4. The second-order valence-corrected chi connectivity index (χ2v) is 11.0. The van der Waals surface area contributed by atoms with Crippen molar-refractivity contribution in [2.45, 2.75) is 38.6 Å². The number of allylic oxidation sites excluding steroid dienone is 1. The molecule has 12 nitrogen and oxygen atoms in total. The predicted molar refractivity (Wildman–Crippen MR) is 163 cm³/mol. The van der Waals surface area contributed by atoms with E-state index in [1.807, 2.05) is 24.3 Å². The molecule has 12 heteroatoms. The average molecular weight is 606 g/mol. The predicted octanol–water partition coefficient (Wildman–Crippen LogP) is 3.46. The van der Waals surface area contributed by atoms with E-state index in [2.05, 4.69) is 10.6 Å². The summed E-state index contributed by atoms with van der Waals surface area (Å²) in [7, 11) is 1.29. The molecular formula is C33H27N5O7. The highest BCUT2D eigenvalue weighted by Gasteiger charge is 2.33. The molecule has 2 atom stereocenters. The first-order valence-corrected chi connectivity index (χ1v) is 14.3. The summed E-state index contributed by atoms with van der Waals surface area (Å²) in [6.45, 7) is 1.68. The van der Waals surface area contributed by atoms with E-state index in [4.69, 9.17) is 19.5 Å². The number of fused-ring (bicyclic) bond motifs is 5. The lowest BCUT2D eigenvalue weighted by Gasteiger charge is -2.27. The number of carbonyl (C=O) groups is 3. The van der Waals surface area contributed by atoms with Crippen LogP contribution in [0.5, 0.6) is 0 Å². The van der Waals surface area contributed by atoms with Crippen molar-refractivity contribution < 1.29 is 29.0 Å². The van der Waals surface area contributed by atoms with Crippen molar-refractivity contribution in [2.24, 2.45) is 4.99 Å². The van der Waals surface area contributed by atoms with E-state index in [0.29, 0.717) is 45.0 Å². The van der Waals surface area contributed by atoms with Gasteiger partial charge in [0.25, 0.3) is 5.56 Å². The summed E-state index contributed by atoms with van der Waals surface area (Å²) in [5, 5.41) is 16.9. The Labute approximate surface area is 256 Å². The molecule has 7 rings (SSSR count). The second kappa shape index (κ2) is 10.8. The van der Waals surface area contributed by atoms with Gasteiger partial charge in [0.1, 0.15) is 6.61 Å². The van der Waals surface area contributed by atoms with Crippen LogP contribution >= 0.6 is 0 Å². The zero-order valence-electron chi connectivity index (χ0n) is 24.3. The average Bonchev–Trinajstić information content (AvgIpc) is 3.33. The van der Waals surface area contributed by atoms with Crippen LogP contribution in [-0.2, 0) is 32.2 Å². The van der Waals surface area contributed by atoms with Crippen LogP contribution in [0.15, 0.2) is 75.7 Å². The number of para-hydroxylation sites is 1. The highest BCUT2D eigenvalue weighted by molar-refractivity contribution is 6.03. The Hall–Kier alpha value is -5.62. The summed E-state index contributed by atoms with van der Waals surface area (Å²) < 4.78 is 11.7. The fourth-order valence-corrected chi connectivity index (χ4v) is 6.15. The van der Waals surface area contributed by atoms with E-state index in [-0.39, 0.29) is 30.7 Å². The van der Waals surface area contributed by atoms with Gasteiger partial charge in [-0.1, -0.05) is 30.3 Å². The van der Waals surface area contributed by atoms with Crippen LogP contribution < -0.4 is 16.2 Å². The Morgan fingerprint density at radius 1 is 1.13 bits per heavy atom. The third-order valence-electron chi connectivity index (χ3n) is 8.37. The molecule has 45 heavy (non-hydrogen) atoms. The number of aliphatic imine (C=N–C) groups is 1. The third kappa shape index (κ3) is 4.75. The summed E-state index contributed by atoms with van der Waals surface area (Å²) >= 11 is 0. The fraction of sp³-hybridized carbons (Fsp3) is 0.212. The van der Waals surface area contributed by atoms with Crippen LogP contribution in [-0.4, -0.2) is 46.0 Å². The van der Waals surface area contributed by atoms with Gasteiger partial charge < -0.3 is 29.8 Å². The van der Waals surface area contributed by atoms with Crippen LogP contribution in [0.4, 0.5) is 10.5 Å². The number of amides is 2. The molecule has 0 saturated carbocycles. The Morgan fingerprint density at radius 3 is 2.69 bits per heavy atom. The molecule has 5 heterocycles. The molecule has 0 aliphatic carbocycles. The van der Waals surface area contributed by atoms with E-state index < -0.39 is 30.1 Å². The minimum atomic E-state index is -1.15. The number of carbonyl (C=O) groups excluding carboxylic acids is 3. The van der Waals surface area contributed by atoms with Gasteiger partial charge in [-0.3, -0.25) is 14.6 Å². The highest BCUT2D eigenvalue weighted by atomic mass is 16.5. The molecule has 0 fully saturated rings. The number of rotatable bonds is 4. The van der Waals surface area contributed by atoms with Crippen molar-refractivity contribution in [3.63, 3.8) is 0 Å². The second-order valence-electron chi connectivity index (χ2n) is 11.0. The van der Waals surface area contributed by atoms with Gasteiger partial charge in [0, 0.05) is 28.4 Å². The quantitative estimate of drug-likeness (QED) is 0.207. The first kappa shape index (κ1) is 28.2. The minimum absolute atomic E-state index is 0.196. The molecule has 0 radical (unpaired) electrons. The number of methoxy groups -OCH3 is 1. The molecule has 2 amide bonds. The largest absolute Gasteiger partial charge is 0.466 e. The van der Waals surface area contributed by atoms with Gasteiger partial charge in [-0.05, 0) is 42.3 Å². The van der Waals surface area contributed by atoms with Gasteiger partial charge in [-0.15, -0.1) is 0 Å². The van der Waals surface area contributed by atoms with E-state index in [1.165, 1.54) is 7.11 Å². The van der Waals surface area contributed by atoms with Crippen molar-refractivity contribution in [3.05, 3.63) is 104 Å². The van der Waals surface area contributed by atoms with Crippen molar-refractivity contribution in [1.82, 2.24) is 20.2 Å². The molecule has 2 unspecified atom stereocenters. The minimum Gasteiger partial charge on any atom is -0.466 e. The lowest BCUT2D eigenvalue weighted by atomic mass is 9.95. The number of ether oxygens (including phenoxy) is 2. The summed E-state index contributed by atoms with van der Waals surface area (Å²) in [6.07, 6.45) is 0.365. The molecule has 0 bridgehead atoms. The van der Waals surface area contributed by atoms with Crippen molar-refractivity contribution in [3.8, 4) is 11.4 Å². The van der Waals surface area contributed by atoms with E-state index in [1.54, 1.807) is 48.0 Å². The highest BCUT2D eigenvalue weighted by Crippen LogP contribution is 2.37. The molecule has 3 aliphatic rings. The standard InChI is InChI=1S/C33H27N5O7/c1-16-28(32(42)44-2)29(37-33(43)35-16)17-7-9-18(10-8-17)34-13-21-19-5-3-4-6-24(19)36-30-22(21)14-38-25(30)11-20-23(31(38)41)15-45-27(40)12-26(20)39/h3-11,13,26,29,39H,12,14-15H2,1-2H3,(H2,35,37,43). The molecule has 226 valence electrons. The number of pyridine rings is 2. The number of benzene rings is 2. The summed E-state index contributed by atoms with van der Waals surface area (Å²) in [5.41, 5.74) is 5.80. The topological polar surface area (TPSA) is 161 Å². The summed E-state index contributed by atoms with van der Waals surface area (Å²) in [5.74, 6) is -1.10. The number of aliphatic hydroxyl groups is 1. The Bertz CT molecular complexity index is 2060. The number of aromatic nitrogens is 2. The first-order valence-electron chi connectivity index (χ1n) is 14.3. The summed E-state index contributed by atoms with van der Waals surface area (Å²) in [4.78, 5) is 59.8. The van der Waals surface area contributed by atoms with Crippen LogP contribution in [0.2, 0.25) is 0 Å². The van der Waals surface area contributed by atoms with Crippen molar-refractivity contribution in [2.75, 3.05) is 7.11 Å². The number of aliphatic hydroxyl groups excluding tert-OH is 1. The van der Waals surface area contributed by atoms with Crippen LogP contribution in [0, 0.1) is 0 Å². The molecule has 3 N–H and O–H groups in total. The maximum atomic E-state index is 13.6. The van der Waals surface area contributed by atoms with E-state index >= 15 is 0 Å². The normalized spacial score (nSPS) is 18.9. The van der Waals surface area contributed by atoms with E-state index in [0.717, 1.165) is 16.5 Å². The monoisotopic (exact) mass is 605 g/mol. The van der Waals surface area contributed by atoms with Gasteiger partial charge in [0.05, 0.1) is 65.9 Å². The molecular weight excluding hydrogens is 578 g/mol. The van der Waals surface area contributed by atoms with E-state index in [9.17, 15) is 24.3 Å². The van der Waals surface area contributed by atoms with Gasteiger partial charge >= 0.3 is 18.0 Å². The van der Waals surface area contributed by atoms with Gasteiger partial charge in [-0.2, -0.15) is 0 Å². The van der Waals surface area contributed by atoms with Crippen LogP contribution in [0.25, 0.3) is 22.3 Å². The number of urea groups is 1. The first-order chi connectivity index (χ1) is 21.7. The smallest absolute Gasteiger partial charge is 0.337 e. The van der Waals surface area contributed by atoms with Crippen molar-refractivity contribution in [1.29, 1.82) is 0 Å². The molecule has 2 aromatic carbocycles. The van der Waals surface area contributed by atoms with Gasteiger partial charge in [-0.25, -0.2) is 14.6 Å². The fourth-order valence-electron chi connectivity index (χ4n) is 6.15. The number of esters is 2. The SMILES string of the molecule is COC(=O)C1=C(C)NC(=O)NC1c1ccc(N=Cc2c3c(nc4ccccc24)-c2cc4c(c(=O)n2C3)COC(=O)CC4O)cc1. The van der Waals surface area contributed by atoms with Crippen molar-refractivity contribution >= 4 is 40.8 Å². The number of hydrogen-bond acceptors (Lipinski definition) is 9. The molecule has 3 aliphatic heterocycles. The van der Waals surface area contributed by atoms with Crippen LogP contribution in [0.3, 0.4) is 0 Å². The van der Waals surface area contributed by atoms with Crippen LogP contribution in [0.1, 0.15) is 53.3 Å².